The molecule has 2 rings (SSSR count). The molecule has 0 aromatic heterocycles. The van der Waals surface area contributed by atoms with E-state index in [1.165, 1.54) is 50.5 Å². The fraction of sp³-hybridized carbons (Fsp3) is 0.188. The van der Waals surface area contributed by atoms with Crippen molar-refractivity contribution in [1.82, 2.24) is 4.31 Å². The molecule has 0 spiro atoms. The molecule has 0 aliphatic rings. The molecule has 0 atom stereocenters. The number of rotatable bonds is 4. The van der Waals surface area contributed by atoms with Crippen LogP contribution in [-0.2, 0) is 10.0 Å². The third-order valence-electron chi connectivity index (χ3n) is 3.33. The van der Waals surface area contributed by atoms with E-state index in [1.807, 2.05) is 0 Å². The summed E-state index contributed by atoms with van der Waals surface area (Å²) >= 11 is 0. The van der Waals surface area contributed by atoms with Gasteiger partial charge in [0.05, 0.1) is 4.90 Å². The number of sulfonamides is 1. The molecular formula is C16H17FN2O3S. The highest BCUT2D eigenvalue weighted by Gasteiger charge is 2.20. The minimum absolute atomic E-state index is 0.0392. The molecule has 0 aliphatic heterocycles. The maximum Gasteiger partial charge on any atom is 0.255 e. The lowest BCUT2D eigenvalue weighted by molar-refractivity contribution is 0.102. The number of halogens is 1. The predicted molar refractivity (Wildman–Crippen MR) is 86.4 cm³/mol. The van der Waals surface area contributed by atoms with E-state index in [4.69, 9.17) is 0 Å². The second kappa shape index (κ2) is 6.47. The van der Waals surface area contributed by atoms with E-state index in [2.05, 4.69) is 5.32 Å². The van der Waals surface area contributed by atoms with Crippen molar-refractivity contribution in [3.63, 3.8) is 0 Å². The Morgan fingerprint density at radius 2 is 1.70 bits per heavy atom. The van der Waals surface area contributed by atoms with E-state index in [0.717, 1.165) is 4.31 Å². The van der Waals surface area contributed by atoms with Crippen molar-refractivity contribution >= 4 is 21.6 Å². The van der Waals surface area contributed by atoms with Gasteiger partial charge in [-0.25, -0.2) is 17.1 Å². The lowest BCUT2D eigenvalue weighted by Crippen LogP contribution is -2.23. The van der Waals surface area contributed by atoms with Crippen LogP contribution in [0.1, 0.15) is 15.9 Å². The molecule has 0 heterocycles. The van der Waals surface area contributed by atoms with Crippen molar-refractivity contribution in [2.24, 2.45) is 0 Å². The molecule has 2 aromatic rings. The molecule has 0 fully saturated rings. The summed E-state index contributed by atoms with van der Waals surface area (Å²) in [6, 6.07) is 9.70. The van der Waals surface area contributed by atoms with Gasteiger partial charge >= 0.3 is 0 Å². The topological polar surface area (TPSA) is 66.5 Å². The normalized spacial score (nSPS) is 11.5. The van der Waals surface area contributed by atoms with Crippen LogP contribution in [0.25, 0.3) is 0 Å². The van der Waals surface area contributed by atoms with Gasteiger partial charge in [-0.1, -0.05) is 6.07 Å². The first-order valence-corrected chi connectivity index (χ1v) is 8.26. The zero-order chi connectivity index (χ0) is 17.2. The summed E-state index contributed by atoms with van der Waals surface area (Å²) in [5.74, 6) is -0.858. The standard InChI is InChI=1S/C16H17FN2O3S/c1-11-4-9-14(23(21,22)19(2)3)10-15(11)16(20)18-13-7-5-12(17)6-8-13/h4-10H,1-3H3,(H,18,20). The fourth-order valence-corrected chi connectivity index (χ4v) is 2.88. The van der Waals surface area contributed by atoms with Crippen LogP contribution in [0.5, 0.6) is 0 Å². The van der Waals surface area contributed by atoms with Gasteiger partial charge < -0.3 is 5.32 Å². The molecule has 0 saturated carbocycles. The second-order valence-corrected chi connectivity index (χ2v) is 7.38. The number of nitrogens with one attached hydrogen (secondary N) is 1. The number of carbonyl (C=O) groups is 1. The van der Waals surface area contributed by atoms with Crippen LogP contribution in [0.2, 0.25) is 0 Å². The Labute approximate surface area is 134 Å². The minimum Gasteiger partial charge on any atom is -0.322 e. The first-order valence-electron chi connectivity index (χ1n) is 6.82. The Morgan fingerprint density at radius 3 is 2.26 bits per heavy atom. The van der Waals surface area contributed by atoms with Crippen LogP contribution in [0.4, 0.5) is 10.1 Å². The highest BCUT2D eigenvalue weighted by Crippen LogP contribution is 2.19. The van der Waals surface area contributed by atoms with E-state index in [9.17, 15) is 17.6 Å². The molecule has 0 unspecified atom stereocenters. The van der Waals surface area contributed by atoms with Crippen molar-refractivity contribution in [3.05, 3.63) is 59.4 Å². The molecule has 0 bridgehead atoms. The number of benzene rings is 2. The Kier molecular flexibility index (Phi) is 4.82. The largest absolute Gasteiger partial charge is 0.322 e. The van der Waals surface area contributed by atoms with Crippen LogP contribution >= 0.6 is 0 Å². The van der Waals surface area contributed by atoms with Crippen molar-refractivity contribution in [2.75, 3.05) is 19.4 Å². The summed E-state index contributed by atoms with van der Waals surface area (Å²) in [4.78, 5) is 12.4. The monoisotopic (exact) mass is 336 g/mol. The first-order chi connectivity index (χ1) is 10.7. The van der Waals surface area contributed by atoms with Gasteiger partial charge in [-0.05, 0) is 48.9 Å². The number of carbonyl (C=O) groups excluding carboxylic acids is 1. The SMILES string of the molecule is Cc1ccc(S(=O)(=O)N(C)C)cc1C(=O)Nc1ccc(F)cc1. The zero-order valence-corrected chi connectivity index (χ0v) is 13.8. The quantitative estimate of drug-likeness (QED) is 0.933. The Morgan fingerprint density at radius 1 is 1.09 bits per heavy atom. The van der Waals surface area contributed by atoms with Crippen molar-refractivity contribution in [2.45, 2.75) is 11.8 Å². The van der Waals surface area contributed by atoms with Crippen molar-refractivity contribution < 1.29 is 17.6 Å². The Balaban J connectivity index is 2.35. The van der Waals surface area contributed by atoms with Crippen molar-refractivity contribution in [3.8, 4) is 0 Å². The lowest BCUT2D eigenvalue weighted by atomic mass is 10.1. The minimum atomic E-state index is -3.62. The number of anilines is 1. The average Bonchev–Trinajstić information content (AvgIpc) is 2.49. The highest BCUT2D eigenvalue weighted by molar-refractivity contribution is 7.89. The van der Waals surface area contributed by atoms with Gasteiger partial charge in [-0.3, -0.25) is 4.79 Å². The molecule has 23 heavy (non-hydrogen) atoms. The lowest BCUT2D eigenvalue weighted by Gasteiger charge is -2.14. The molecule has 5 nitrogen and oxygen atoms in total. The molecule has 7 heteroatoms. The first kappa shape index (κ1) is 17.1. The van der Waals surface area contributed by atoms with E-state index < -0.39 is 21.7 Å². The number of nitrogens with zero attached hydrogens (tertiary/aromatic N) is 1. The summed E-state index contributed by atoms with van der Waals surface area (Å²) in [6.07, 6.45) is 0. The third-order valence-corrected chi connectivity index (χ3v) is 5.15. The summed E-state index contributed by atoms with van der Waals surface area (Å²) in [5, 5.41) is 2.62. The van der Waals surface area contributed by atoms with E-state index in [-0.39, 0.29) is 10.5 Å². The van der Waals surface area contributed by atoms with Crippen molar-refractivity contribution in [1.29, 1.82) is 0 Å². The number of hydrogen-bond acceptors (Lipinski definition) is 3. The molecule has 0 saturated heterocycles. The highest BCUT2D eigenvalue weighted by atomic mass is 32.2. The third kappa shape index (κ3) is 3.75. The van der Waals surface area contributed by atoms with Crippen LogP contribution in [0, 0.1) is 12.7 Å². The van der Waals surface area contributed by atoms with E-state index in [0.29, 0.717) is 11.3 Å². The van der Waals surface area contributed by atoms with Crippen LogP contribution in [0.15, 0.2) is 47.4 Å². The van der Waals surface area contributed by atoms with Gasteiger partial charge in [0.1, 0.15) is 5.82 Å². The molecule has 122 valence electrons. The van der Waals surface area contributed by atoms with E-state index in [1.54, 1.807) is 13.0 Å². The fourth-order valence-electron chi connectivity index (χ4n) is 1.95. The Hall–Kier alpha value is -2.25. The van der Waals surface area contributed by atoms with Gasteiger partial charge in [0.2, 0.25) is 10.0 Å². The Bertz CT molecular complexity index is 831. The number of amides is 1. The number of aryl methyl sites for hydroxylation is 1. The molecule has 1 N–H and O–H groups in total. The van der Waals surface area contributed by atoms with Gasteiger partial charge in [-0.2, -0.15) is 0 Å². The van der Waals surface area contributed by atoms with Gasteiger partial charge in [0.15, 0.2) is 0 Å². The van der Waals surface area contributed by atoms with Crippen LogP contribution in [0.3, 0.4) is 0 Å². The maximum atomic E-state index is 12.9. The molecule has 0 radical (unpaired) electrons. The second-order valence-electron chi connectivity index (χ2n) is 5.23. The zero-order valence-electron chi connectivity index (χ0n) is 13.0. The molecule has 1 amide bonds. The van der Waals surface area contributed by atoms with Gasteiger partial charge in [0, 0.05) is 25.3 Å². The summed E-state index contributed by atoms with van der Waals surface area (Å²) in [6.45, 7) is 1.71. The van der Waals surface area contributed by atoms with Crippen LogP contribution < -0.4 is 5.32 Å². The molecule has 0 aliphatic carbocycles. The van der Waals surface area contributed by atoms with Gasteiger partial charge in [-0.15, -0.1) is 0 Å². The summed E-state index contributed by atoms with van der Waals surface area (Å²) < 4.78 is 38.3. The molecular weight excluding hydrogens is 319 g/mol. The van der Waals surface area contributed by atoms with E-state index >= 15 is 0 Å². The smallest absolute Gasteiger partial charge is 0.255 e. The predicted octanol–water partition coefficient (Wildman–Crippen LogP) is 2.64. The molecule has 2 aromatic carbocycles. The number of hydrogen-bond donors (Lipinski definition) is 1. The van der Waals surface area contributed by atoms with Crippen LogP contribution in [-0.4, -0.2) is 32.7 Å². The van der Waals surface area contributed by atoms with Gasteiger partial charge in [0.25, 0.3) is 5.91 Å². The maximum absolute atomic E-state index is 12.9. The summed E-state index contributed by atoms with van der Waals surface area (Å²) in [7, 11) is -0.776. The average molecular weight is 336 g/mol. The summed E-state index contributed by atoms with van der Waals surface area (Å²) in [5.41, 5.74) is 1.32.